The van der Waals surface area contributed by atoms with Gasteiger partial charge in [0.25, 0.3) is 5.69 Å². The molecule has 0 atom stereocenters. The third-order valence-electron chi connectivity index (χ3n) is 3.11. The highest BCUT2D eigenvalue weighted by molar-refractivity contribution is 5.92. The van der Waals surface area contributed by atoms with Crippen LogP contribution in [0.25, 0.3) is 0 Å². The van der Waals surface area contributed by atoms with Crippen molar-refractivity contribution in [3.63, 3.8) is 0 Å². The molecule has 2 N–H and O–H groups in total. The standard InChI is InChI=1S/C13H17N3O3.ClH/c1-9-2-5-11(6-12(9)16(18)19)15-13(17)8-14-7-10-3-4-10;/h2,5-6,10,14H,3-4,7-8H2,1H3,(H,15,17);1H. The summed E-state index contributed by atoms with van der Waals surface area (Å²) < 4.78 is 0. The van der Waals surface area contributed by atoms with Crippen molar-refractivity contribution < 1.29 is 9.72 Å². The lowest BCUT2D eigenvalue weighted by Crippen LogP contribution is -2.29. The number of nitro benzene ring substituents is 1. The number of hydrogen-bond acceptors (Lipinski definition) is 4. The number of aryl methyl sites for hydroxylation is 1. The molecular formula is C13H18ClN3O3. The molecule has 0 saturated heterocycles. The quantitative estimate of drug-likeness (QED) is 0.623. The van der Waals surface area contributed by atoms with Crippen molar-refractivity contribution in [3.05, 3.63) is 33.9 Å². The Morgan fingerprint density at radius 1 is 1.45 bits per heavy atom. The molecule has 0 radical (unpaired) electrons. The molecule has 1 fully saturated rings. The lowest BCUT2D eigenvalue weighted by Gasteiger charge is -2.07. The summed E-state index contributed by atoms with van der Waals surface area (Å²) in [6, 6.07) is 4.68. The molecule has 0 spiro atoms. The van der Waals surface area contributed by atoms with Crippen LogP contribution < -0.4 is 10.6 Å². The molecule has 1 aromatic carbocycles. The number of nitro groups is 1. The van der Waals surface area contributed by atoms with Gasteiger partial charge in [-0.25, -0.2) is 0 Å². The summed E-state index contributed by atoms with van der Waals surface area (Å²) in [5.74, 6) is 0.534. The number of halogens is 1. The van der Waals surface area contributed by atoms with E-state index in [4.69, 9.17) is 0 Å². The fourth-order valence-corrected chi connectivity index (χ4v) is 1.80. The first kappa shape index (κ1) is 16.4. The van der Waals surface area contributed by atoms with Crippen LogP contribution in [-0.4, -0.2) is 23.9 Å². The maximum atomic E-state index is 11.6. The van der Waals surface area contributed by atoms with Crippen molar-refractivity contribution in [3.8, 4) is 0 Å². The molecule has 20 heavy (non-hydrogen) atoms. The number of carbonyl (C=O) groups excluding carboxylic acids is 1. The molecule has 0 aromatic heterocycles. The van der Waals surface area contributed by atoms with Crippen LogP contribution in [0.5, 0.6) is 0 Å². The van der Waals surface area contributed by atoms with Crippen LogP contribution in [-0.2, 0) is 4.79 Å². The number of amides is 1. The van der Waals surface area contributed by atoms with E-state index in [9.17, 15) is 14.9 Å². The van der Waals surface area contributed by atoms with Crippen LogP contribution >= 0.6 is 12.4 Å². The van der Waals surface area contributed by atoms with Gasteiger partial charge in [0.05, 0.1) is 11.5 Å². The molecule has 0 bridgehead atoms. The van der Waals surface area contributed by atoms with Gasteiger partial charge in [0.2, 0.25) is 5.91 Å². The fraction of sp³-hybridized carbons (Fsp3) is 0.462. The van der Waals surface area contributed by atoms with Gasteiger partial charge in [-0.3, -0.25) is 14.9 Å². The number of nitrogens with one attached hydrogen (secondary N) is 2. The Labute approximate surface area is 123 Å². The van der Waals surface area contributed by atoms with Crippen molar-refractivity contribution in [2.75, 3.05) is 18.4 Å². The van der Waals surface area contributed by atoms with Gasteiger partial charge >= 0.3 is 0 Å². The maximum Gasteiger partial charge on any atom is 0.274 e. The molecule has 1 aliphatic carbocycles. The lowest BCUT2D eigenvalue weighted by atomic mass is 10.2. The minimum atomic E-state index is -0.448. The van der Waals surface area contributed by atoms with Crippen molar-refractivity contribution in [1.29, 1.82) is 0 Å². The Balaban J connectivity index is 0.00000200. The zero-order chi connectivity index (χ0) is 13.8. The molecule has 1 aliphatic rings. The van der Waals surface area contributed by atoms with Crippen LogP contribution in [0.3, 0.4) is 0 Å². The zero-order valence-electron chi connectivity index (χ0n) is 11.2. The Morgan fingerprint density at radius 3 is 2.75 bits per heavy atom. The predicted octanol–water partition coefficient (Wildman–Crippen LogP) is 2.26. The first-order valence-electron chi connectivity index (χ1n) is 6.32. The first-order valence-corrected chi connectivity index (χ1v) is 6.32. The van der Waals surface area contributed by atoms with E-state index in [-0.39, 0.29) is 30.5 Å². The van der Waals surface area contributed by atoms with Gasteiger partial charge in [-0.15, -0.1) is 12.4 Å². The second-order valence-electron chi connectivity index (χ2n) is 4.88. The number of hydrogen-bond donors (Lipinski definition) is 2. The van der Waals surface area contributed by atoms with Crippen LogP contribution in [0.1, 0.15) is 18.4 Å². The average molecular weight is 300 g/mol. The van der Waals surface area contributed by atoms with Gasteiger partial charge in [-0.05, 0) is 38.3 Å². The van der Waals surface area contributed by atoms with Crippen LogP contribution in [0.4, 0.5) is 11.4 Å². The van der Waals surface area contributed by atoms with E-state index in [1.54, 1.807) is 19.1 Å². The molecule has 0 unspecified atom stereocenters. The van der Waals surface area contributed by atoms with Gasteiger partial charge in [0, 0.05) is 17.3 Å². The minimum absolute atomic E-state index is 0. The third kappa shape index (κ3) is 4.79. The summed E-state index contributed by atoms with van der Waals surface area (Å²) >= 11 is 0. The molecule has 1 saturated carbocycles. The van der Waals surface area contributed by atoms with Gasteiger partial charge in [-0.1, -0.05) is 6.07 Å². The number of anilines is 1. The van der Waals surface area contributed by atoms with Crippen molar-refractivity contribution >= 4 is 29.7 Å². The van der Waals surface area contributed by atoms with E-state index < -0.39 is 4.92 Å². The highest BCUT2D eigenvalue weighted by atomic mass is 35.5. The predicted molar refractivity (Wildman–Crippen MR) is 79.3 cm³/mol. The summed E-state index contributed by atoms with van der Waals surface area (Å²) in [5.41, 5.74) is 1.05. The highest BCUT2D eigenvalue weighted by Crippen LogP contribution is 2.27. The Hall–Kier alpha value is -1.66. The Kier molecular flexibility index (Phi) is 5.91. The monoisotopic (exact) mass is 299 g/mol. The number of benzene rings is 1. The largest absolute Gasteiger partial charge is 0.325 e. The molecule has 1 aromatic rings. The van der Waals surface area contributed by atoms with E-state index in [0.29, 0.717) is 17.2 Å². The van der Waals surface area contributed by atoms with E-state index >= 15 is 0 Å². The van der Waals surface area contributed by atoms with Crippen LogP contribution in [0.15, 0.2) is 18.2 Å². The maximum absolute atomic E-state index is 11.6. The number of rotatable bonds is 6. The van der Waals surface area contributed by atoms with Gasteiger partial charge in [0.15, 0.2) is 0 Å². The second kappa shape index (κ2) is 7.21. The Bertz CT molecular complexity index is 504. The second-order valence-corrected chi connectivity index (χ2v) is 4.88. The third-order valence-corrected chi connectivity index (χ3v) is 3.11. The summed E-state index contributed by atoms with van der Waals surface area (Å²) in [7, 11) is 0. The highest BCUT2D eigenvalue weighted by Gasteiger charge is 2.20. The molecule has 7 heteroatoms. The first-order chi connectivity index (χ1) is 9.06. The molecular weight excluding hydrogens is 282 g/mol. The van der Waals surface area contributed by atoms with Gasteiger partial charge < -0.3 is 10.6 Å². The molecule has 6 nitrogen and oxygen atoms in total. The van der Waals surface area contributed by atoms with Gasteiger partial charge in [-0.2, -0.15) is 0 Å². The van der Waals surface area contributed by atoms with Gasteiger partial charge in [0.1, 0.15) is 0 Å². The van der Waals surface area contributed by atoms with E-state index in [1.807, 2.05) is 0 Å². The van der Waals surface area contributed by atoms with Crippen molar-refractivity contribution in [1.82, 2.24) is 5.32 Å². The molecule has 1 amide bonds. The summed E-state index contributed by atoms with van der Waals surface area (Å²) in [4.78, 5) is 22.0. The normalized spacial score (nSPS) is 13.4. The summed E-state index contributed by atoms with van der Waals surface area (Å²) in [6.45, 7) is 2.76. The molecule has 0 aliphatic heterocycles. The summed E-state index contributed by atoms with van der Waals surface area (Å²) in [5, 5.41) is 16.5. The van der Waals surface area contributed by atoms with Crippen molar-refractivity contribution in [2.24, 2.45) is 5.92 Å². The van der Waals surface area contributed by atoms with Crippen molar-refractivity contribution in [2.45, 2.75) is 19.8 Å². The molecule has 110 valence electrons. The van der Waals surface area contributed by atoms with E-state index in [2.05, 4.69) is 10.6 Å². The average Bonchev–Trinajstić information content (AvgIpc) is 3.15. The molecule has 0 heterocycles. The van der Waals surface area contributed by atoms with Crippen LogP contribution in [0.2, 0.25) is 0 Å². The fourth-order valence-electron chi connectivity index (χ4n) is 1.80. The van der Waals surface area contributed by atoms with E-state index in [1.165, 1.54) is 18.9 Å². The minimum Gasteiger partial charge on any atom is -0.325 e. The van der Waals surface area contributed by atoms with E-state index in [0.717, 1.165) is 6.54 Å². The Morgan fingerprint density at radius 2 is 2.15 bits per heavy atom. The smallest absolute Gasteiger partial charge is 0.274 e. The number of carbonyl (C=O) groups is 1. The van der Waals surface area contributed by atoms with Crippen LogP contribution in [0, 0.1) is 23.0 Å². The zero-order valence-corrected chi connectivity index (χ0v) is 12.0. The lowest BCUT2D eigenvalue weighted by molar-refractivity contribution is -0.385. The number of nitrogens with zero attached hydrogens (tertiary/aromatic N) is 1. The topological polar surface area (TPSA) is 84.3 Å². The molecule has 2 rings (SSSR count). The SMILES string of the molecule is Cc1ccc(NC(=O)CNCC2CC2)cc1[N+](=O)[O-].Cl. The summed E-state index contributed by atoms with van der Waals surface area (Å²) in [6.07, 6.45) is 2.47.